The molecular formula is C16H13Cl4N3OS. The number of halogens is 4. The zero-order valence-electron chi connectivity index (χ0n) is 12.6. The lowest BCUT2D eigenvalue weighted by atomic mass is 10.2. The Morgan fingerprint density at radius 2 is 1.56 bits per heavy atom. The number of nitrogens with one attached hydrogen (secondary N) is 3. The normalized spacial score (nSPS) is 12.2. The minimum Gasteiger partial charge on any atom is -0.339 e. The third-order valence-electron chi connectivity index (χ3n) is 3.02. The van der Waals surface area contributed by atoms with E-state index in [1.165, 1.54) is 0 Å². The molecule has 0 saturated carbocycles. The molecular weight excluding hydrogens is 424 g/mol. The highest BCUT2D eigenvalue weighted by Gasteiger charge is 2.34. The fourth-order valence-corrected chi connectivity index (χ4v) is 2.52. The van der Waals surface area contributed by atoms with Crippen LogP contribution >= 0.6 is 58.6 Å². The number of amides is 1. The van der Waals surface area contributed by atoms with Gasteiger partial charge in [-0.15, -0.1) is 0 Å². The van der Waals surface area contributed by atoms with Crippen LogP contribution in [0.3, 0.4) is 0 Å². The minimum atomic E-state index is -1.83. The highest BCUT2D eigenvalue weighted by molar-refractivity contribution is 7.80. The Labute approximate surface area is 170 Å². The maximum Gasteiger partial charge on any atom is 0.252 e. The van der Waals surface area contributed by atoms with Gasteiger partial charge in [0, 0.05) is 16.3 Å². The number of carbonyl (C=O) groups is 1. The van der Waals surface area contributed by atoms with Crippen LogP contribution in [0.25, 0.3) is 0 Å². The van der Waals surface area contributed by atoms with Crippen molar-refractivity contribution in [2.45, 2.75) is 9.96 Å². The second-order valence-corrected chi connectivity index (χ2v) is 8.13. The van der Waals surface area contributed by atoms with Crippen molar-refractivity contribution >= 4 is 75.3 Å². The highest BCUT2D eigenvalue weighted by atomic mass is 35.6. The maximum atomic E-state index is 12.3. The van der Waals surface area contributed by atoms with Gasteiger partial charge < -0.3 is 16.0 Å². The van der Waals surface area contributed by atoms with E-state index >= 15 is 0 Å². The van der Waals surface area contributed by atoms with Gasteiger partial charge in [-0.05, 0) is 48.6 Å². The van der Waals surface area contributed by atoms with Crippen LogP contribution in [0.1, 0.15) is 10.4 Å². The number of rotatable bonds is 4. The van der Waals surface area contributed by atoms with Crippen molar-refractivity contribution in [3.8, 4) is 0 Å². The molecule has 2 aromatic carbocycles. The average molecular weight is 437 g/mol. The van der Waals surface area contributed by atoms with Gasteiger partial charge >= 0.3 is 0 Å². The average Bonchev–Trinajstić information content (AvgIpc) is 2.54. The Morgan fingerprint density at radius 1 is 0.960 bits per heavy atom. The fourth-order valence-electron chi connectivity index (χ4n) is 1.84. The second kappa shape index (κ2) is 8.92. The molecule has 0 aliphatic heterocycles. The molecule has 0 aromatic heterocycles. The molecule has 3 N–H and O–H groups in total. The van der Waals surface area contributed by atoms with Crippen LogP contribution in [0.2, 0.25) is 5.02 Å². The van der Waals surface area contributed by atoms with Gasteiger partial charge in [-0.3, -0.25) is 4.79 Å². The SMILES string of the molecule is O=C(NC(NC(=S)Nc1ccccc1)C(Cl)(Cl)Cl)c1ccc(Cl)cc1. The Balaban J connectivity index is 2.04. The second-order valence-electron chi connectivity index (χ2n) is 4.92. The molecule has 4 nitrogen and oxygen atoms in total. The van der Waals surface area contributed by atoms with E-state index < -0.39 is 15.9 Å². The zero-order chi connectivity index (χ0) is 18.4. The van der Waals surface area contributed by atoms with Gasteiger partial charge in [-0.25, -0.2) is 0 Å². The van der Waals surface area contributed by atoms with Crippen molar-refractivity contribution in [3.05, 3.63) is 65.2 Å². The summed E-state index contributed by atoms with van der Waals surface area (Å²) in [6.45, 7) is 0. The first-order chi connectivity index (χ1) is 11.8. The van der Waals surface area contributed by atoms with Gasteiger partial charge in [0.2, 0.25) is 3.79 Å². The number of hydrogen-bond donors (Lipinski definition) is 3. The number of anilines is 1. The number of para-hydroxylation sites is 1. The van der Waals surface area contributed by atoms with Crippen LogP contribution < -0.4 is 16.0 Å². The summed E-state index contributed by atoms with van der Waals surface area (Å²) >= 11 is 28.9. The van der Waals surface area contributed by atoms with E-state index in [1.807, 2.05) is 30.3 Å². The van der Waals surface area contributed by atoms with E-state index in [0.717, 1.165) is 5.69 Å². The first-order valence-electron chi connectivity index (χ1n) is 7.01. The van der Waals surface area contributed by atoms with Crippen molar-refractivity contribution in [1.82, 2.24) is 10.6 Å². The van der Waals surface area contributed by atoms with Crippen molar-refractivity contribution in [1.29, 1.82) is 0 Å². The van der Waals surface area contributed by atoms with Crippen molar-refractivity contribution in [2.24, 2.45) is 0 Å². The largest absolute Gasteiger partial charge is 0.339 e. The Hall–Kier alpha value is -1.24. The first-order valence-corrected chi connectivity index (χ1v) is 8.93. The lowest BCUT2D eigenvalue weighted by Crippen LogP contribution is -2.56. The smallest absolute Gasteiger partial charge is 0.252 e. The van der Waals surface area contributed by atoms with E-state index in [9.17, 15) is 4.79 Å². The van der Waals surface area contributed by atoms with Crippen LogP contribution in [0.5, 0.6) is 0 Å². The summed E-state index contributed by atoms with van der Waals surface area (Å²) in [5.41, 5.74) is 1.12. The molecule has 0 radical (unpaired) electrons. The molecule has 2 aromatic rings. The first kappa shape index (κ1) is 20.1. The van der Waals surface area contributed by atoms with Gasteiger partial charge in [-0.2, -0.15) is 0 Å². The van der Waals surface area contributed by atoms with Crippen LogP contribution in [-0.2, 0) is 0 Å². The molecule has 1 atom stereocenters. The van der Waals surface area contributed by atoms with E-state index in [0.29, 0.717) is 10.6 Å². The summed E-state index contributed by atoms with van der Waals surface area (Å²) in [7, 11) is 0. The molecule has 2 rings (SSSR count). The van der Waals surface area contributed by atoms with Crippen molar-refractivity contribution < 1.29 is 4.79 Å². The summed E-state index contributed by atoms with van der Waals surface area (Å²) in [6.07, 6.45) is -1.05. The predicted octanol–water partition coefficient (Wildman–Crippen LogP) is 4.75. The third kappa shape index (κ3) is 6.53. The summed E-state index contributed by atoms with van der Waals surface area (Å²) in [5.74, 6) is -0.442. The molecule has 0 saturated heterocycles. The van der Waals surface area contributed by atoms with Gasteiger partial charge in [0.05, 0.1) is 0 Å². The van der Waals surface area contributed by atoms with Crippen LogP contribution in [0, 0.1) is 0 Å². The molecule has 25 heavy (non-hydrogen) atoms. The number of hydrogen-bond acceptors (Lipinski definition) is 2. The molecule has 0 bridgehead atoms. The monoisotopic (exact) mass is 435 g/mol. The zero-order valence-corrected chi connectivity index (χ0v) is 16.4. The molecule has 132 valence electrons. The topological polar surface area (TPSA) is 53.2 Å². The van der Waals surface area contributed by atoms with Gasteiger partial charge in [-0.1, -0.05) is 64.6 Å². The van der Waals surface area contributed by atoms with Crippen molar-refractivity contribution in [2.75, 3.05) is 5.32 Å². The number of thiocarbonyl (C=S) groups is 1. The number of alkyl halides is 3. The van der Waals surface area contributed by atoms with E-state index in [1.54, 1.807) is 24.3 Å². The Kier molecular flexibility index (Phi) is 7.16. The summed E-state index contributed by atoms with van der Waals surface area (Å²) in [6, 6.07) is 15.5. The summed E-state index contributed by atoms with van der Waals surface area (Å²) in [5, 5.41) is 9.03. The maximum absolute atomic E-state index is 12.3. The van der Waals surface area contributed by atoms with E-state index in [4.69, 9.17) is 58.6 Å². The van der Waals surface area contributed by atoms with Crippen LogP contribution in [0.4, 0.5) is 5.69 Å². The predicted molar refractivity (Wildman–Crippen MR) is 109 cm³/mol. The lowest BCUT2D eigenvalue weighted by molar-refractivity contribution is 0.0934. The molecule has 1 unspecified atom stereocenters. The van der Waals surface area contributed by atoms with Crippen molar-refractivity contribution in [3.63, 3.8) is 0 Å². The van der Waals surface area contributed by atoms with Gasteiger partial charge in [0.1, 0.15) is 6.17 Å². The highest BCUT2D eigenvalue weighted by Crippen LogP contribution is 2.29. The fraction of sp³-hybridized carbons (Fsp3) is 0.125. The Bertz CT molecular complexity index is 735. The van der Waals surface area contributed by atoms with E-state index in [-0.39, 0.29) is 5.11 Å². The summed E-state index contributed by atoms with van der Waals surface area (Å²) < 4.78 is -1.83. The minimum absolute atomic E-state index is 0.193. The molecule has 1 amide bonds. The molecule has 0 spiro atoms. The van der Waals surface area contributed by atoms with Gasteiger partial charge in [0.15, 0.2) is 5.11 Å². The lowest BCUT2D eigenvalue weighted by Gasteiger charge is -2.27. The Morgan fingerprint density at radius 3 is 2.12 bits per heavy atom. The molecule has 9 heteroatoms. The number of carbonyl (C=O) groups excluding carboxylic acids is 1. The quantitative estimate of drug-likeness (QED) is 0.367. The standard InChI is InChI=1S/C16H13Cl4N3OS/c17-11-8-6-10(7-9-11)13(24)22-14(16(18,19)20)23-15(25)21-12-4-2-1-3-5-12/h1-9,14H,(H,22,24)(H2,21,23,25). The van der Waals surface area contributed by atoms with Crippen LogP contribution in [-0.4, -0.2) is 21.0 Å². The van der Waals surface area contributed by atoms with Gasteiger partial charge in [0.25, 0.3) is 5.91 Å². The van der Waals surface area contributed by atoms with E-state index in [2.05, 4.69) is 16.0 Å². The summed E-state index contributed by atoms with van der Waals surface area (Å²) in [4.78, 5) is 12.3. The molecule has 0 aliphatic rings. The molecule has 0 fully saturated rings. The molecule has 0 heterocycles. The third-order valence-corrected chi connectivity index (χ3v) is 4.14. The number of benzene rings is 2. The van der Waals surface area contributed by atoms with Crippen LogP contribution in [0.15, 0.2) is 54.6 Å². The molecule has 0 aliphatic carbocycles.